The van der Waals surface area contributed by atoms with Gasteiger partial charge in [0.1, 0.15) is 23.7 Å². The van der Waals surface area contributed by atoms with Crippen molar-refractivity contribution in [1.82, 2.24) is 14.9 Å². The van der Waals surface area contributed by atoms with Gasteiger partial charge >= 0.3 is 0 Å². The summed E-state index contributed by atoms with van der Waals surface area (Å²) in [5.41, 5.74) is 1.47. The summed E-state index contributed by atoms with van der Waals surface area (Å²) in [5, 5.41) is 13.7. The van der Waals surface area contributed by atoms with Crippen LogP contribution in [0.4, 0.5) is 0 Å². The summed E-state index contributed by atoms with van der Waals surface area (Å²) in [6.45, 7) is 0.777. The van der Waals surface area contributed by atoms with Crippen LogP contribution in [0.15, 0.2) is 67.0 Å². The van der Waals surface area contributed by atoms with E-state index in [9.17, 15) is 9.90 Å². The third-order valence-electron chi connectivity index (χ3n) is 5.47. The molecule has 6 heteroatoms. The van der Waals surface area contributed by atoms with Crippen molar-refractivity contribution in [3.63, 3.8) is 0 Å². The van der Waals surface area contributed by atoms with Crippen molar-refractivity contribution in [2.75, 3.05) is 13.1 Å². The van der Waals surface area contributed by atoms with Crippen LogP contribution >= 0.6 is 0 Å². The number of benzene rings is 2. The standard InChI is InChI=1S/C23H21N3O3/c27-21-14-26(23(28)20-12-16-3-1-2-4-19(16)25-20)10-8-22(21)29-18-6-5-15-7-9-24-13-17(15)11-18/h1-7,9,11-13,21-22,25,27H,8,10,14H2/t21-,22-/m1/s1. The van der Waals surface area contributed by atoms with Gasteiger partial charge in [-0.3, -0.25) is 9.78 Å². The van der Waals surface area contributed by atoms with Crippen LogP contribution in [0.25, 0.3) is 21.7 Å². The number of amides is 1. The lowest BCUT2D eigenvalue weighted by molar-refractivity contribution is -0.0199. The molecule has 0 aliphatic carbocycles. The Bertz CT molecular complexity index is 1150. The fourth-order valence-electron chi connectivity index (χ4n) is 3.90. The number of rotatable bonds is 3. The lowest BCUT2D eigenvalue weighted by Crippen LogP contribution is -2.51. The Morgan fingerprint density at radius 3 is 2.86 bits per heavy atom. The molecule has 1 amide bonds. The van der Waals surface area contributed by atoms with E-state index >= 15 is 0 Å². The van der Waals surface area contributed by atoms with Gasteiger partial charge < -0.3 is 19.7 Å². The second kappa shape index (κ2) is 7.22. The number of aromatic amines is 1. The summed E-state index contributed by atoms with van der Waals surface area (Å²) in [4.78, 5) is 21.8. The van der Waals surface area contributed by atoms with Crippen molar-refractivity contribution < 1.29 is 14.6 Å². The van der Waals surface area contributed by atoms with Crippen LogP contribution in [0.2, 0.25) is 0 Å². The van der Waals surface area contributed by atoms with Crippen molar-refractivity contribution in [3.05, 3.63) is 72.7 Å². The van der Waals surface area contributed by atoms with E-state index in [1.54, 1.807) is 17.3 Å². The Labute approximate surface area is 167 Å². The number of nitrogens with one attached hydrogen (secondary N) is 1. The number of fused-ring (bicyclic) bond motifs is 2. The summed E-state index contributed by atoms with van der Waals surface area (Å²) in [6, 6.07) is 17.4. The maximum absolute atomic E-state index is 12.9. The predicted molar refractivity (Wildman–Crippen MR) is 111 cm³/mol. The van der Waals surface area contributed by atoms with E-state index in [0.717, 1.165) is 21.7 Å². The Hall–Kier alpha value is -3.38. The number of para-hydroxylation sites is 1. The highest BCUT2D eigenvalue weighted by atomic mass is 16.5. The molecule has 1 fully saturated rings. The fourth-order valence-corrected chi connectivity index (χ4v) is 3.90. The molecular formula is C23H21N3O3. The van der Waals surface area contributed by atoms with Gasteiger partial charge in [-0.05, 0) is 35.7 Å². The number of nitrogens with zero attached hydrogens (tertiary/aromatic N) is 2. The van der Waals surface area contributed by atoms with Gasteiger partial charge in [0.05, 0.1) is 6.54 Å². The predicted octanol–water partition coefficient (Wildman–Crippen LogP) is 3.37. The minimum absolute atomic E-state index is 0.101. The number of carbonyl (C=O) groups is 1. The highest BCUT2D eigenvalue weighted by molar-refractivity contribution is 5.98. The molecule has 6 nitrogen and oxygen atoms in total. The van der Waals surface area contributed by atoms with Gasteiger partial charge in [-0.1, -0.05) is 24.3 Å². The smallest absolute Gasteiger partial charge is 0.270 e. The molecule has 3 heterocycles. The minimum Gasteiger partial charge on any atom is -0.488 e. The lowest BCUT2D eigenvalue weighted by atomic mass is 10.0. The molecule has 5 rings (SSSR count). The van der Waals surface area contributed by atoms with Gasteiger partial charge in [0.15, 0.2) is 0 Å². The largest absolute Gasteiger partial charge is 0.488 e. The monoisotopic (exact) mass is 387 g/mol. The molecule has 2 atom stereocenters. The summed E-state index contributed by atoms with van der Waals surface area (Å²) >= 11 is 0. The molecule has 1 saturated heterocycles. The third-order valence-corrected chi connectivity index (χ3v) is 5.47. The number of hydrogen-bond acceptors (Lipinski definition) is 4. The summed E-state index contributed by atoms with van der Waals surface area (Å²) in [6.07, 6.45) is 3.02. The number of hydrogen-bond donors (Lipinski definition) is 2. The van der Waals surface area contributed by atoms with Gasteiger partial charge in [0.2, 0.25) is 0 Å². The van der Waals surface area contributed by atoms with Crippen molar-refractivity contribution in [2.45, 2.75) is 18.6 Å². The van der Waals surface area contributed by atoms with Crippen molar-refractivity contribution in [3.8, 4) is 5.75 Å². The lowest BCUT2D eigenvalue weighted by Gasteiger charge is -2.35. The van der Waals surface area contributed by atoms with E-state index in [1.807, 2.05) is 54.6 Å². The van der Waals surface area contributed by atoms with Crippen LogP contribution in [0.3, 0.4) is 0 Å². The highest BCUT2D eigenvalue weighted by Crippen LogP contribution is 2.25. The molecule has 2 aromatic carbocycles. The molecular weight excluding hydrogens is 366 g/mol. The molecule has 0 radical (unpaired) electrons. The number of carbonyl (C=O) groups excluding carboxylic acids is 1. The fraction of sp³-hybridized carbons (Fsp3) is 0.217. The number of aliphatic hydroxyl groups excluding tert-OH is 1. The Morgan fingerprint density at radius 1 is 1.10 bits per heavy atom. The Morgan fingerprint density at radius 2 is 2.00 bits per heavy atom. The number of pyridine rings is 1. The molecule has 2 N–H and O–H groups in total. The average Bonchev–Trinajstić information content (AvgIpc) is 3.19. The molecule has 1 aliphatic heterocycles. The van der Waals surface area contributed by atoms with Gasteiger partial charge in [0, 0.05) is 41.6 Å². The SMILES string of the molecule is O=C(c1cc2ccccc2[nH]1)N1CC[C@@H](Oc2ccc3ccncc3c2)[C@H](O)C1. The topological polar surface area (TPSA) is 78.5 Å². The second-order valence-electron chi connectivity index (χ2n) is 7.42. The second-order valence-corrected chi connectivity index (χ2v) is 7.42. The number of H-pyrrole nitrogens is 1. The molecule has 0 saturated carbocycles. The number of piperidine rings is 1. The van der Waals surface area contributed by atoms with E-state index in [0.29, 0.717) is 24.4 Å². The number of likely N-dealkylation sites (tertiary alicyclic amines) is 1. The zero-order valence-electron chi connectivity index (χ0n) is 15.8. The maximum atomic E-state index is 12.9. The molecule has 4 aromatic rings. The summed E-state index contributed by atoms with van der Waals surface area (Å²) in [5.74, 6) is 0.598. The van der Waals surface area contributed by atoms with Crippen LogP contribution in [0.1, 0.15) is 16.9 Å². The molecule has 0 spiro atoms. The molecule has 1 aliphatic rings. The van der Waals surface area contributed by atoms with Crippen LogP contribution in [0, 0.1) is 0 Å². The van der Waals surface area contributed by atoms with Gasteiger partial charge in [-0.25, -0.2) is 0 Å². The number of β-amino-alcohol motifs (C(OH)–C–C–N with tert-alkyl or cyclic N) is 1. The zero-order chi connectivity index (χ0) is 19.8. The van der Waals surface area contributed by atoms with Crippen LogP contribution in [-0.4, -0.2) is 51.2 Å². The van der Waals surface area contributed by atoms with E-state index in [1.165, 1.54) is 0 Å². The first kappa shape index (κ1) is 17.7. The molecule has 146 valence electrons. The van der Waals surface area contributed by atoms with Crippen LogP contribution in [0.5, 0.6) is 5.75 Å². The third kappa shape index (κ3) is 3.43. The Kier molecular flexibility index (Phi) is 4.41. The molecule has 2 aromatic heterocycles. The minimum atomic E-state index is -0.748. The molecule has 0 unspecified atom stereocenters. The van der Waals surface area contributed by atoms with E-state index < -0.39 is 6.10 Å². The number of aliphatic hydroxyl groups is 1. The quantitative estimate of drug-likeness (QED) is 0.565. The van der Waals surface area contributed by atoms with Crippen molar-refractivity contribution in [1.29, 1.82) is 0 Å². The van der Waals surface area contributed by atoms with Crippen LogP contribution < -0.4 is 4.74 Å². The first-order valence-corrected chi connectivity index (χ1v) is 9.73. The van der Waals surface area contributed by atoms with E-state index in [2.05, 4.69) is 9.97 Å². The summed E-state index contributed by atoms with van der Waals surface area (Å²) in [7, 11) is 0. The van der Waals surface area contributed by atoms with Crippen LogP contribution in [-0.2, 0) is 0 Å². The summed E-state index contributed by atoms with van der Waals surface area (Å²) < 4.78 is 6.03. The average molecular weight is 387 g/mol. The highest BCUT2D eigenvalue weighted by Gasteiger charge is 2.32. The van der Waals surface area contributed by atoms with Crippen molar-refractivity contribution in [2.24, 2.45) is 0 Å². The van der Waals surface area contributed by atoms with Crippen molar-refractivity contribution >= 4 is 27.6 Å². The van der Waals surface area contributed by atoms with Gasteiger partial charge in [0.25, 0.3) is 5.91 Å². The number of aromatic nitrogens is 2. The first-order chi connectivity index (χ1) is 14.2. The zero-order valence-corrected chi connectivity index (χ0v) is 15.8. The first-order valence-electron chi connectivity index (χ1n) is 9.73. The molecule has 29 heavy (non-hydrogen) atoms. The normalized spacial score (nSPS) is 19.6. The van der Waals surface area contributed by atoms with Gasteiger partial charge in [-0.2, -0.15) is 0 Å². The Balaban J connectivity index is 1.27. The van der Waals surface area contributed by atoms with E-state index in [-0.39, 0.29) is 18.6 Å². The maximum Gasteiger partial charge on any atom is 0.270 e. The van der Waals surface area contributed by atoms with Gasteiger partial charge in [-0.15, -0.1) is 0 Å². The number of ether oxygens (including phenoxy) is 1. The molecule has 0 bridgehead atoms. The van der Waals surface area contributed by atoms with E-state index in [4.69, 9.17) is 4.74 Å².